The van der Waals surface area contributed by atoms with Crippen molar-refractivity contribution in [3.63, 3.8) is 0 Å². The molecule has 2 rings (SSSR count). The number of hydrogen-bond acceptors (Lipinski definition) is 3. The lowest BCUT2D eigenvalue weighted by molar-refractivity contribution is 0.229. The van der Waals surface area contributed by atoms with Crippen LogP contribution in [0.15, 0.2) is 18.2 Å². The fourth-order valence-corrected chi connectivity index (χ4v) is 3.01. The number of halogens is 2. The lowest BCUT2D eigenvalue weighted by atomic mass is 10.1. The van der Waals surface area contributed by atoms with E-state index in [2.05, 4.69) is 44.7 Å². The van der Waals surface area contributed by atoms with E-state index in [1.54, 1.807) is 12.1 Å². The number of hydrogen-bond donors (Lipinski definition) is 0. The van der Waals surface area contributed by atoms with Crippen LogP contribution in [0.2, 0.25) is 0 Å². The van der Waals surface area contributed by atoms with E-state index in [1.165, 1.54) is 0 Å². The molecule has 1 saturated heterocycles. The summed E-state index contributed by atoms with van der Waals surface area (Å²) < 4.78 is 14.1. The Kier molecular flexibility index (Phi) is 5.81. The maximum Gasteiger partial charge on any atom is 0.146 e. The van der Waals surface area contributed by atoms with Crippen molar-refractivity contribution in [1.82, 2.24) is 9.80 Å². The molecule has 1 fully saturated rings. The number of para-hydroxylation sites is 1. The minimum Gasteiger partial charge on any atom is -0.366 e. The molecule has 3 nitrogen and oxygen atoms in total. The smallest absolute Gasteiger partial charge is 0.146 e. The van der Waals surface area contributed by atoms with Gasteiger partial charge in [-0.3, -0.25) is 4.90 Å². The van der Waals surface area contributed by atoms with Gasteiger partial charge in [-0.15, -0.1) is 0 Å². The van der Waals surface area contributed by atoms with Crippen LogP contribution in [-0.4, -0.2) is 63.2 Å². The summed E-state index contributed by atoms with van der Waals surface area (Å²) in [5, 5.41) is 0.695. The van der Waals surface area contributed by atoms with Gasteiger partial charge in [-0.25, -0.2) is 4.39 Å². The maximum absolute atomic E-state index is 14.1. The van der Waals surface area contributed by atoms with Crippen LogP contribution < -0.4 is 4.90 Å². The van der Waals surface area contributed by atoms with E-state index < -0.39 is 0 Å². The Bertz CT molecular complexity index is 431. The molecule has 20 heavy (non-hydrogen) atoms. The van der Waals surface area contributed by atoms with Gasteiger partial charge in [0.1, 0.15) is 5.82 Å². The van der Waals surface area contributed by atoms with Gasteiger partial charge in [-0.1, -0.05) is 28.1 Å². The van der Waals surface area contributed by atoms with Gasteiger partial charge in [-0.2, -0.15) is 0 Å². The highest BCUT2D eigenvalue weighted by Crippen LogP contribution is 2.27. The fraction of sp³-hybridized carbons (Fsp3) is 0.600. The standard InChI is InChI=1S/C15H23BrFN3/c1-18(2)6-7-19-8-10-20(11-9-19)15-13(12-16)4-3-5-14(15)17/h3-5H,6-12H2,1-2H3. The largest absolute Gasteiger partial charge is 0.366 e. The fourth-order valence-electron chi connectivity index (χ4n) is 2.56. The number of piperazine rings is 1. The van der Waals surface area contributed by atoms with Crippen LogP contribution in [0.1, 0.15) is 5.56 Å². The molecule has 1 aliphatic rings. The summed E-state index contributed by atoms with van der Waals surface area (Å²) in [7, 11) is 4.19. The number of rotatable bonds is 5. The zero-order valence-electron chi connectivity index (χ0n) is 12.3. The molecule has 0 bridgehead atoms. The molecule has 0 saturated carbocycles. The molecular weight excluding hydrogens is 321 g/mol. The second-order valence-electron chi connectivity index (χ2n) is 5.51. The monoisotopic (exact) mass is 343 g/mol. The third-order valence-corrected chi connectivity index (χ3v) is 4.37. The average Bonchev–Trinajstić information content (AvgIpc) is 2.45. The summed E-state index contributed by atoms with van der Waals surface area (Å²) in [5.41, 5.74) is 1.81. The number of nitrogens with zero attached hydrogens (tertiary/aromatic N) is 3. The molecule has 1 aliphatic heterocycles. The van der Waals surface area contributed by atoms with Gasteiger partial charge < -0.3 is 9.80 Å². The first kappa shape index (κ1) is 15.7. The van der Waals surface area contributed by atoms with Crippen LogP contribution in [0.4, 0.5) is 10.1 Å². The first-order chi connectivity index (χ1) is 9.61. The maximum atomic E-state index is 14.1. The van der Waals surface area contributed by atoms with E-state index in [0.29, 0.717) is 5.33 Å². The molecule has 0 amide bonds. The molecule has 1 aromatic rings. The Hall–Kier alpha value is -0.650. The van der Waals surface area contributed by atoms with Crippen molar-refractivity contribution in [3.05, 3.63) is 29.6 Å². The van der Waals surface area contributed by atoms with Gasteiger partial charge in [-0.05, 0) is 25.7 Å². The van der Waals surface area contributed by atoms with Crippen LogP contribution in [0.5, 0.6) is 0 Å². The Morgan fingerprint density at radius 1 is 1.20 bits per heavy atom. The van der Waals surface area contributed by atoms with Gasteiger partial charge >= 0.3 is 0 Å². The van der Waals surface area contributed by atoms with Gasteiger partial charge in [0.2, 0.25) is 0 Å². The lowest BCUT2D eigenvalue weighted by Crippen LogP contribution is -2.48. The van der Waals surface area contributed by atoms with Crippen LogP contribution in [0.3, 0.4) is 0 Å². The van der Waals surface area contributed by atoms with Gasteiger partial charge in [0.25, 0.3) is 0 Å². The molecule has 0 spiro atoms. The molecule has 0 aromatic heterocycles. The number of alkyl halides is 1. The lowest BCUT2D eigenvalue weighted by Gasteiger charge is -2.37. The SMILES string of the molecule is CN(C)CCN1CCN(c2c(F)cccc2CBr)CC1. The molecule has 0 unspecified atom stereocenters. The normalized spacial score (nSPS) is 16.9. The second-order valence-corrected chi connectivity index (χ2v) is 6.07. The Balaban J connectivity index is 1.97. The summed E-state index contributed by atoms with van der Waals surface area (Å²) >= 11 is 3.45. The number of anilines is 1. The van der Waals surface area contributed by atoms with E-state index in [4.69, 9.17) is 0 Å². The quantitative estimate of drug-likeness (QED) is 0.760. The summed E-state index contributed by atoms with van der Waals surface area (Å²) in [4.78, 5) is 6.83. The average molecular weight is 344 g/mol. The summed E-state index contributed by atoms with van der Waals surface area (Å²) in [5.74, 6) is -0.108. The van der Waals surface area contributed by atoms with Crippen LogP contribution >= 0.6 is 15.9 Å². The molecule has 5 heteroatoms. The second kappa shape index (κ2) is 7.38. The zero-order valence-corrected chi connectivity index (χ0v) is 13.9. The van der Waals surface area contributed by atoms with E-state index in [1.807, 2.05) is 6.07 Å². The third kappa shape index (κ3) is 3.93. The van der Waals surface area contributed by atoms with E-state index >= 15 is 0 Å². The van der Waals surface area contributed by atoms with Gasteiger partial charge in [0.15, 0.2) is 0 Å². The van der Waals surface area contributed by atoms with Crippen LogP contribution in [0, 0.1) is 5.82 Å². The van der Waals surface area contributed by atoms with Crippen molar-refractivity contribution < 1.29 is 4.39 Å². The van der Waals surface area contributed by atoms with Crippen LogP contribution in [0.25, 0.3) is 0 Å². The van der Waals surface area contributed by atoms with Crippen molar-refractivity contribution in [1.29, 1.82) is 0 Å². The summed E-state index contributed by atoms with van der Waals surface area (Å²) in [6.07, 6.45) is 0. The Morgan fingerprint density at radius 3 is 2.50 bits per heavy atom. The molecule has 0 atom stereocenters. The molecule has 0 radical (unpaired) electrons. The minimum absolute atomic E-state index is 0.108. The zero-order chi connectivity index (χ0) is 14.5. The minimum atomic E-state index is -0.108. The Labute approximate surface area is 129 Å². The molecule has 112 valence electrons. The third-order valence-electron chi connectivity index (χ3n) is 3.77. The first-order valence-electron chi connectivity index (χ1n) is 7.07. The van der Waals surface area contributed by atoms with Crippen molar-refractivity contribution in [2.45, 2.75) is 5.33 Å². The van der Waals surface area contributed by atoms with Crippen molar-refractivity contribution >= 4 is 21.6 Å². The van der Waals surface area contributed by atoms with Gasteiger partial charge in [0, 0.05) is 44.6 Å². The Morgan fingerprint density at radius 2 is 1.90 bits per heavy atom. The molecule has 1 heterocycles. The van der Waals surface area contributed by atoms with Crippen molar-refractivity contribution in [2.24, 2.45) is 0 Å². The molecule has 1 aromatic carbocycles. The van der Waals surface area contributed by atoms with Gasteiger partial charge in [0.05, 0.1) is 5.69 Å². The molecular formula is C15H23BrFN3. The van der Waals surface area contributed by atoms with Crippen molar-refractivity contribution in [3.8, 4) is 0 Å². The van der Waals surface area contributed by atoms with Crippen molar-refractivity contribution in [2.75, 3.05) is 58.3 Å². The van der Waals surface area contributed by atoms with E-state index in [9.17, 15) is 4.39 Å². The predicted octanol–water partition coefficient (Wildman–Crippen LogP) is 2.40. The highest BCUT2D eigenvalue weighted by Gasteiger charge is 2.21. The number of benzene rings is 1. The first-order valence-corrected chi connectivity index (χ1v) is 8.19. The predicted molar refractivity (Wildman–Crippen MR) is 86.2 cm³/mol. The topological polar surface area (TPSA) is 9.72 Å². The summed E-state index contributed by atoms with van der Waals surface area (Å²) in [6.45, 7) is 5.96. The van der Waals surface area contributed by atoms with E-state index in [0.717, 1.165) is 50.5 Å². The van der Waals surface area contributed by atoms with Crippen LogP contribution in [-0.2, 0) is 5.33 Å². The molecule has 0 N–H and O–H groups in total. The number of likely N-dealkylation sites (N-methyl/N-ethyl adjacent to an activating group) is 1. The van der Waals surface area contributed by atoms with E-state index in [-0.39, 0.29) is 5.82 Å². The summed E-state index contributed by atoms with van der Waals surface area (Å²) in [6, 6.07) is 5.33. The highest BCUT2D eigenvalue weighted by atomic mass is 79.9. The highest BCUT2D eigenvalue weighted by molar-refractivity contribution is 9.08. The molecule has 0 aliphatic carbocycles.